The van der Waals surface area contributed by atoms with E-state index in [4.69, 9.17) is 4.18 Å². The van der Waals surface area contributed by atoms with Crippen LogP contribution in [0.25, 0.3) is 0 Å². The number of nitrogens with zero attached hydrogens (tertiary/aromatic N) is 1. The lowest BCUT2D eigenvalue weighted by Gasteiger charge is -2.12. The second kappa shape index (κ2) is 4.35. The van der Waals surface area contributed by atoms with Gasteiger partial charge in [0.05, 0.1) is 9.21 Å². The molecule has 0 fully saturated rings. The third kappa shape index (κ3) is 3.57. The Morgan fingerprint density at radius 3 is 2.60 bits per heavy atom. The summed E-state index contributed by atoms with van der Waals surface area (Å²) in [7, 11) is 1.11. The van der Waals surface area contributed by atoms with Crippen LogP contribution in [0.4, 0.5) is 0 Å². The second-order valence-corrected chi connectivity index (χ2v) is 3.84. The van der Waals surface area contributed by atoms with Crippen molar-refractivity contribution in [3.8, 4) is 0 Å². The third-order valence-corrected chi connectivity index (χ3v) is 1.92. The van der Waals surface area contributed by atoms with Crippen molar-refractivity contribution >= 4 is 30.4 Å². The molecule has 0 heterocycles. The van der Waals surface area contributed by atoms with Crippen molar-refractivity contribution in [3.05, 3.63) is 10.1 Å². The molecule has 0 atom stereocenters. The molecule has 4 nitrogen and oxygen atoms in total. The SMILES string of the molecule is CC(C)(COSI)[N+](=O)[O-]. The van der Waals surface area contributed by atoms with Crippen LogP contribution in [0.3, 0.4) is 0 Å². The van der Waals surface area contributed by atoms with Gasteiger partial charge in [-0.3, -0.25) is 14.3 Å². The highest BCUT2D eigenvalue weighted by Gasteiger charge is 2.30. The number of nitro groups is 1. The van der Waals surface area contributed by atoms with Gasteiger partial charge < -0.3 is 0 Å². The molecule has 0 aromatic rings. The standard InChI is InChI=1S/C4H8INO3S/c1-4(2,6(7)8)3-9-10-5/h3H2,1-2H3. The van der Waals surface area contributed by atoms with Crippen molar-refractivity contribution in [1.29, 1.82) is 0 Å². The minimum atomic E-state index is -0.974. The molecular formula is C4H8INO3S. The number of hydrogen-bond donors (Lipinski definition) is 0. The largest absolute Gasteiger partial charge is 0.298 e. The van der Waals surface area contributed by atoms with E-state index in [1.807, 2.05) is 21.2 Å². The zero-order chi connectivity index (χ0) is 8.20. The summed E-state index contributed by atoms with van der Waals surface area (Å²) in [6, 6.07) is 0. The first-order chi connectivity index (χ1) is 4.50. The molecule has 0 spiro atoms. The van der Waals surface area contributed by atoms with Gasteiger partial charge in [0, 0.05) is 40.0 Å². The molecule has 0 saturated heterocycles. The Balaban J connectivity index is 3.75. The van der Waals surface area contributed by atoms with Gasteiger partial charge in [-0.1, -0.05) is 0 Å². The van der Waals surface area contributed by atoms with Crippen molar-refractivity contribution in [1.82, 2.24) is 0 Å². The Morgan fingerprint density at radius 2 is 2.30 bits per heavy atom. The summed E-state index contributed by atoms with van der Waals surface area (Å²) < 4.78 is 4.82. The van der Waals surface area contributed by atoms with Gasteiger partial charge in [-0.2, -0.15) is 0 Å². The lowest BCUT2D eigenvalue weighted by atomic mass is 10.1. The highest BCUT2D eigenvalue weighted by atomic mass is 127. The highest BCUT2D eigenvalue weighted by molar-refractivity contribution is 14.2. The fraction of sp³-hybridized carbons (Fsp3) is 1.00. The molecule has 0 aromatic carbocycles. The average Bonchev–Trinajstić information content (AvgIpc) is 1.84. The third-order valence-electron chi connectivity index (χ3n) is 0.951. The van der Waals surface area contributed by atoms with Crippen LogP contribution in [0.5, 0.6) is 0 Å². The normalized spacial score (nSPS) is 11.5. The Bertz CT molecular complexity index is 130. The first kappa shape index (κ1) is 10.4. The fourth-order valence-electron chi connectivity index (χ4n) is 0.219. The van der Waals surface area contributed by atoms with E-state index in [2.05, 4.69) is 0 Å². The first-order valence-electron chi connectivity index (χ1n) is 2.55. The molecular weight excluding hydrogens is 269 g/mol. The van der Waals surface area contributed by atoms with Gasteiger partial charge in [0.2, 0.25) is 5.54 Å². The molecule has 0 rings (SSSR count). The zero-order valence-corrected chi connectivity index (χ0v) is 8.64. The molecule has 0 saturated carbocycles. The minimum Gasteiger partial charge on any atom is -0.298 e. The van der Waals surface area contributed by atoms with Gasteiger partial charge in [0.25, 0.3) is 0 Å². The molecule has 0 bridgehead atoms. The molecule has 0 unspecified atom stereocenters. The quantitative estimate of drug-likeness (QED) is 0.341. The van der Waals surface area contributed by atoms with Gasteiger partial charge >= 0.3 is 0 Å². The first-order valence-corrected chi connectivity index (χ1v) is 5.84. The smallest absolute Gasteiger partial charge is 0.240 e. The average molecular weight is 277 g/mol. The van der Waals surface area contributed by atoms with Gasteiger partial charge in [-0.25, -0.2) is 0 Å². The van der Waals surface area contributed by atoms with Crippen LogP contribution in [0.1, 0.15) is 13.8 Å². The van der Waals surface area contributed by atoms with Crippen LogP contribution in [0.2, 0.25) is 0 Å². The second-order valence-electron chi connectivity index (χ2n) is 2.39. The van der Waals surface area contributed by atoms with E-state index < -0.39 is 5.54 Å². The van der Waals surface area contributed by atoms with Crippen LogP contribution >= 0.6 is 30.4 Å². The van der Waals surface area contributed by atoms with Crippen molar-refractivity contribution in [2.45, 2.75) is 19.4 Å². The minimum absolute atomic E-state index is 0.133. The van der Waals surface area contributed by atoms with Crippen molar-refractivity contribution in [2.24, 2.45) is 0 Å². The van der Waals surface area contributed by atoms with Crippen molar-refractivity contribution < 1.29 is 9.11 Å². The van der Waals surface area contributed by atoms with Crippen molar-refractivity contribution in [2.75, 3.05) is 6.61 Å². The van der Waals surface area contributed by atoms with Crippen LogP contribution in [-0.4, -0.2) is 17.1 Å². The monoisotopic (exact) mass is 277 g/mol. The summed E-state index contributed by atoms with van der Waals surface area (Å²) in [5.74, 6) is 0. The molecule has 0 aliphatic heterocycles. The number of rotatable bonds is 4. The van der Waals surface area contributed by atoms with Gasteiger partial charge in [0.1, 0.15) is 6.61 Å². The van der Waals surface area contributed by atoms with E-state index in [1.54, 1.807) is 0 Å². The molecule has 0 N–H and O–H groups in total. The molecule has 60 valence electrons. The Kier molecular flexibility index (Phi) is 4.54. The van der Waals surface area contributed by atoms with E-state index in [0.29, 0.717) is 0 Å². The van der Waals surface area contributed by atoms with E-state index in [1.165, 1.54) is 13.8 Å². The van der Waals surface area contributed by atoms with E-state index in [9.17, 15) is 10.1 Å². The maximum atomic E-state index is 10.2. The molecule has 0 aromatic heterocycles. The fourth-order valence-corrected chi connectivity index (χ4v) is 0.934. The Hall–Kier alpha value is 0.440. The van der Waals surface area contributed by atoms with Crippen molar-refractivity contribution in [3.63, 3.8) is 0 Å². The predicted molar refractivity (Wildman–Crippen MR) is 48.6 cm³/mol. The summed E-state index contributed by atoms with van der Waals surface area (Å²) >= 11 is 1.92. The highest BCUT2D eigenvalue weighted by Crippen LogP contribution is 2.17. The Labute approximate surface area is 75.6 Å². The lowest BCUT2D eigenvalue weighted by molar-refractivity contribution is -0.562. The molecule has 6 heteroatoms. The topological polar surface area (TPSA) is 52.4 Å². The summed E-state index contributed by atoms with van der Waals surface area (Å²) in [6.07, 6.45) is 0. The van der Waals surface area contributed by atoms with E-state index >= 15 is 0 Å². The van der Waals surface area contributed by atoms with E-state index in [-0.39, 0.29) is 11.5 Å². The number of halogens is 1. The molecule has 10 heavy (non-hydrogen) atoms. The van der Waals surface area contributed by atoms with Gasteiger partial charge in [0.15, 0.2) is 0 Å². The van der Waals surface area contributed by atoms with Crippen LogP contribution in [0.15, 0.2) is 0 Å². The maximum Gasteiger partial charge on any atom is 0.240 e. The van der Waals surface area contributed by atoms with Crippen LogP contribution < -0.4 is 0 Å². The summed E-state index contributed by atoms with van der Waals surface area (Å²) in [4.78, 5) is 9.89. The molecule has 0 aliphatic carbocycles. The zero-order valence-electron chi connectivity index (χ0n) is 5.67. The van der Waals surface area contributed by atoms with Gasteiger partial charge in [-0.15, -0.1) is 0 Å². The molecule has 0 aliphatic rings. The predicted octanol–water partition coefficient (Wildman–Crippen LogP) is 2.06. The summed E-state index contributed by atoms with van der Waals surface area (Å²) in [5.41, 5.74) is -0.974. The molecule has 0 radical (unpaired) electrons. The summed E-state index contributed by atoms with van der Waals surface area (Å²) in [6.45, 7) is 3.19. The van der Waals surface area contributed by atoms with E-state index in [0.717, 1.165) is 9.21 Å². The van der Waals surface area contributed by atoms with Gasteiger partial charge in [-0.05, 0) is 0 Å². The van der Waals surface area contributed by atoms with Crippen LogP contribution in [-0.2, 0) is 4.18 Å². The van der Waals surface area contributed by atoms with Crippen LogP contribution in [0, 0.1) is 10.1 Å². The number of hydrogen-bond acceptors (Lipinski definition) is 4. The summed E-state index contributed by atoms with van der Waals surface area (Å²) in [5, 5.41) is 10.2. The Morgan fingerprint density at radius 1 is 1.80 bits per heavy atom. The maximum absolute atomic E-state index is 10.2. The molecule has 0 amide bonds. The lowest BCUT2D eigenvalue weighted by Crippen LogP contribution is -2.35.